The van der Waals surface area contributed by atoms with E-state index in [0.717, 1.165) is 18.6 Å². The Morgan fingerprint density at radius 3 is 2.75 bits per heavy atom. The number of piperazine rings is 1. The fourth-order valence-electron chi connectivity index (χ4n) is 2.67. The molecule has 2 bridgehead atoms. The number of carbonyl (C=O) groups excluding carboxylic acids is 1. The van der Waals surface area contributed by atoms with Gasteiger partial charge in [0.25, 0.3) is 0 Å². The molecule has 1 N–H and O–H groups in total. The van der Waals surface area contributed by atoms with Crippen molar-refractivity contribution in [3.8, 4) is 0 Å². The highest BCUT2D eigenvalue weighted by Gasteiger charge is 2.40. The number of likely N-dealkylation sites (N-methyl/N-ethyl adjacent to an activating group) is 1. The van der Waals surface area contributed by atoms with Crippen molar-refractivity contribution < 1.29 is 4.79 Å². The summed E-state index contributed by atoms with van der Waals surface area (Å²) in [6.45, 7) is 3.38. The fourth-order valence-corrected chi connectivity index (χ4v) is 2.67. The van der Waals surface area contributed by atoms with E-state index >= 15 is 0 Å². The van der Waals surface area contributed by atoms with Crippen molar-refractivity contribution in [1.29, 1.82) is 0 Å². The van der Waals surface area contributed by atoms with Crippen molar-refractivity contribution >= 4 is 5.91 Å². The Hall–Kier alpha value is -0.870. The summed E-state index contributed by atoms with van der Waals surface area (Å²) >= 11 is 0. The third kappa shape index (κ3) is 2.44. The van der Waals surface area contributed by atoms with Crippen LogP contribution in [0.3, 0.4) is 0 Å². The van der Waals surface area contributed by atoms with Crippen LogP contribution in [0.15, 0.2) is 12.2 Å². The first kappa shape index (κ1) is 11.6. The van der Waals surface area contributed by atoms with Gasteiger partial charge in [0.05, 0.1) is 0 Å². The molecule has 2 rings (SSSR count). The van der Waals surface area contributed by atoms with Crippen LogP contribution < -0.4 is 5.32 Å². The molecule has 0 radical (unpaired) electrons. The molecule has 16 heavy (non-hydrogen) atoms. The highest BCUT2D eigenvalue weighted by Crippen LogP contribution is 2.28. The molecule has 2 unspecified atom stereocenters. The molecule has 0 saturated carbocycles. The molecule has 90 valence electrons. The van der Waals surface area contributed by atoms with Crippen molar-refractivity contribution in [3.05, 3.63) is 12.2 Å². The number of fused-ring (bicyclic) bond motifs is 2. The Morgan fingerprint density at radius 1 is 1.38 bits per heavy atom. The molecule has 2 aliphatic heterocycles. The summed E-state index contributed by atoms with van der Waals surface area (Å²) in [5, 5.41) is 2.62. The van der Waals surface area contributed by atoms with Crippen molar-refractivity contribution in [2.75, 3.05) is 33.7 Å². The molecular weight excluding hydrogens is 202 g/mol. The number of amides is 1. The summed E-state index contributed by atoms with van der Waals surface area (Å²) in [5.74, 6) is 0.0823. The lowest BCUT2D eigenvalue weighted by Gasteiger charge is -2.30. The molecule has 4 nitrogen and oxygen atoms in total. The van der Waals surface area contributed by atoms with Gasteiger partial charge in [-0.05, 0) is 13.5 Å². The second kappa shape index (κ2) is 4.97. The van der Waals surface area contributed by atoms with Gasteiger partial charge in [0.2, 0.25) is 5.91 Å². The van der Waals surface area contributed by atoms with E-state index in [9.17, 15) is 4.79 Å². The van der Waals surface area contributed by atoms with Gasteiger partial charge < -0.3 is 10.2 Å². The van der Waals surface area contributed by atoms with E-state index in [0.29, 0.717) is 6.42 Å². The van der Waals surface area contributed by atoms with Gasteiger partial charge in [-0.1, -0.05) is 12.2 Å². The van der Waals surface area contributed by atoms with E-state index in [2.05, 4.69) is 28.2 Å². The Kier molecular flexibility index (Phi) is 3.61. The van der Waals surface area contributed by atoms with E-state index in [1.54, 1.807) is 7.05 Å². The average Bonchev–Trinajstić information content (AvgIpc) is 2.82. The van der Waals surface area contributed by atoms with Crippen LogP contribution in [0, 0.1) is 0 Å². The van der Waals surface area contributed by atoms with Gasteiger partial charge in [-0.25, -0.2) is 0 Å². The van der Waals surface area contributed by atoms with Crippen molar-refractivity contribution in [2.45, 2.75) is 24.9 Å². The number of hydrogen-bond donors (Lipinski definition) is 1. The summed E-state index contributed by atoms with van der Waals surface area (Å²) in [6, 6.07) is 1.50. The molecule has 0 aromatic rings. The summed E-state index contributed by atoms with van der Waals surface area (Å²) < 4.78 is 0. The van der Waals surface area contributed by atoms with E-state index in [1.807, 2.05) is 6.08 Å². The third-order valence-electron chi connectivity index (χ3n) is 3.72. The minimum Gasteiger partial charge on any atom is -0.359 e. The molecule has 0 aliphatic carbocycles. The standard InChI is InChI=1S/C12H21N3O/c1-13-12(16)5-3-4-6-15-9-10-7-11(15)8-14(10)2/h3-4,10-11H,5-9H2,1-2H3,(H,13,16)/b4-3+. The molecule has 4 heteroatoms. The van der Waals surface area contributed by atoms with Gasteiger partial charge in [-0.3, -0.25) is 9.69 Å². The van der Waals surface area contributed by atoms with Gasteiger partial charge in [-0.2, -0.15) is 0 Å². The molecule has 2 saturated heterocycles. The van der Waals surface area contributed by atoms with Crippen LogP contribution in [-0.2, 0) is 4.79 Å². The quantitative estimate of drug-likeness (QED) is 0.685. The second-order valence-electron chi connectivity index (χ2n) is 4.79. The largest absolute Gasteiger partial charge is 0.359 e. The maximum atomic E-state index is 11.0. The Bertz CT molecular complexity index is 288. The summed E-state index contributed by atoms with van der Waals surface area (Å²) in [4.78, 5) is 16.0. The first-order chi connectivity index (χ1) is 7.70. The van der Waals surface area contributed by atoms with Crippen molar-refractivity contribution in [3.63, 3.8) is 0 Å². The van der Waals surface area contributed by atoms with Crippen LogP contribution in [0.4, 0.5) is 0 Å². The van der Waals surface area contributed by atoms with E-state index in [1.165, 1.54) is 19.5 Å². The lowest BCUT2D eigenvalue weighted by molar-refractivity contribution is -0.119. The molecule has 2 aliphatic rings. The first-order valence-corrected chi connectivity index (χ1v) is 6.00. The maximum Gasteiger partial charge on any atom is 0.223 e. The lowest BCUT2D eigenvalue weighted by Crippen LogP contribution is -2.44. The fraction of sp³-hybridized carbons (Fsp3) is 0.750. The number of rotatable bonds is 4. The van der Waals surface area contributed by atoms with E-state index < -0.39 is 0 Å². The zero-order chi connectivity index (χ0) is 11.5. The lowest BCUT2D eigenvalue weighted by atomic mass is 10.2. The molecule has 0 spiro atoms. The average molecular weight is 223 g/mol. The van der Waals surface area contributed by atoms with Gasteiger partial charge in [0.15, 0.2) is 0 Å². The normalized spacial score (nSPS) is 30.4. The predicted octanol–water partition coefficient (Wildman–Crippen LogP) is 0.0670. The van der Waals surface area contributed by atoms with Gasteiger partial charge in [0, 0.05) is 45.2 Å². The number of nitrogens with zero attached hydrogens (tertiary/aromatic N) is 2. The van der Waals surface area contributed by atoms with Crippen LogP contribution >= 0.6 is 0 Å². The summed E-state index contributed by atoms with van der Waals surface area (Å²) in [7, 11) is 3.88. The molecule has 2 heterocycles. The highest BCUT2D eigenvalue weighted by molar-refractivity contribution is 5.76. The molecule has 0 aromatic carbocycles. The van der Waals surface area contributed by atoms with Crippen LogP contribution in [0.2, 0.25) is 0 Å². The minimum atomic E-state index is 0.0823. The number of carbonyl (C=O) groups is 1. The monoisotopic (exact) mass is 223 g/mol. The number of hydrogen-bond acceptors (Lipinski definition) is 3. The minimum absolute atomic E-state index is 0.0823. The Balaban J connectivity index is 1.70. The zero-order valence-electron chi connectivity index (χ0n) is 10.1. The van der Waals surface area contributed by atoms with Crippen LogP contribution in [0.5, 0.6) is 0 Å². The highest BCUT2D eigenvalue weighted by atomic mass is 16.1. The van der Waals surface area contributed by atoms with Gasteiger partial charge >= 0.3 is 0 Å². The van der Waals surface area contributed by atoms with Crippen molar-refractivity contribution in [1.82, 2.24) is 15.1 Å². The maximum absolute atomic E-state index is 11.0. The summed E-state index contributed by atoms with van der Waals surface area (Å²) in [6.07, 6.45) is 5.91. The van der Waals surface area contributed by atoms with E-state index in [4.69, 9.17) is 0 Å². The van der Waals surface area contributed by atoms with Crippen LogP contribution in [0.25, 0.3) is 0 Å². The molecule has 1 amide bonds. The Morgan fingerprint density at radius 2 is 2.19 bits per heavy atom. The SMILES string of the molecule is CNC(=O)C/C=C/CN1CC2CC1CN2C. The number of likely N-dealkylation sites (tertiary alicyclic amines) is 2. The summed E-state index contributed by atoms with van der Waals surface area (Å²) in [5.41, 5.74) is 0. The molecule has 2 atom stereocenters. The Labute approximate surface area is 97.3 Å². The molecular formula is C12H21N3O. The zero-order valence-corrected chi connectivity index (χ0v) is 10.1. The third-order valence-corrected chi connectivity index (χ3v) is 3.72. The molecule has 2 fully saturated rings. The first-order valence-electron chi connectivity index (χ1n) is 6.00. The smallest absolute Gasteiger partial charge is 0.223 e. The van der Waals surface area contributed by atoms with Gasteiger partial charge in [0.1, 0.15) is 0 Å². The molecule has 0 aromatic heterocycles. The van der Waals surface area contributed by atoms with Gasteiger partial charge in [-0.15, -0.1) is 0 Å². The number of nitrogens with one attached hydrogen (secondary N) is 1. The van der Waals surface area contributed by atoms with Crippen LogP contribution in [-0.4, -0.2) is 61.5 Å². The topological polar surface area (TPSA) is 35.6 Å². The van der Waals surface area contributed by atoms with E-state index in [-0.39, 0.29) is 5.91 Å². The van der Waals surface area contributed by atoms with Crippen molar-refractivity contribution in [2.24, 2.45) is 0 Å². The second-order valence-corrected chi connectivity index (χ2v) is 4.79. The predicted molar refractivity (Wildman–Crippen MR) is 64.2 cm³/mol. The van der Waals surface area contributed by atoms with Crippen LogP contribution in [0.1, 0.15) is 12.8 Å².